The van der Waals surface area contributed by atoms with E-state index in [9.17, 15) is 18.4 Å². The molecule has 1 saturated heterocycles. The third-order valence-corrected chi connectivity index (χ3v) is 4.44. The molecule has 1 aromatic carbocycles. The summed E-state index contributed by atoms with van der Waals surface area (Å²) >= 11 is 3.87. The van der Waals surface area contributed by atoms with E-state index in [0.717, 1.165) is 17.8 Å². The maximum Gasteiger partial charge on any atom is 0.228 e. The summed E-state index contributed by atoms with van der Waals surface area (Å²) in [6.07, 6.45) is 0.179. The first-order chi connectivity index (χ1) is 8.90. The van der Waals surface area contributed by atoms with Gasteiger partial charge in [-0.2, -0.15) is 0 Å². The first kappa shape index (κ1) is 14.5. The molecule has 0 aromatic heterocycles. The van der Waals surface area contributed by atoms with Crippen molar-refractivity contribution in [2.24, 2.45) is 0 Å². The fourth-order valence-corrected chi connectivity index (χ4v) is 3.20. The second kappa shape index (κ2) is 5.58. The topological polar surface area (TPSA) is 37.4 Å². The van der Waals surface area contributed by atoms with E-state index < -0.39 is 11.6 Å². The number of hydrogen-bond acceptors (Lipinski definition) is 3. The zero-order chi connectivity index (χ0) is 14.2. The minimum Gasteiger partial charge on any atom is -0.308 e. The monoisotopic (exact) mass is 349 g/mol. The Kier molecular flexibility index (Phi) is 4.25. The van der Waals surface area contributed by atoms with Crippen molar-refractivity contribution in [3.8, 4) is 0 Å². The van der Waals surface area contributed by atoms with Crippen LogP contribution in [-0.4, -0.2) is 22.8 Å². The highest BCUT2D eigenvalue weighted by molar-refractivity contribution is 9.10. The highest BCUT2D eigenvalue weighted by Gasteiger charge is 2.33. The molecule has 0 saturated carbocycles. The normalized spacial score (nSPS) is 19.1. The van der Waals surface area contributed by atoms with Crippen LogP contribution >= 0.6 is 27.7 Å². The van der Waals surface area contributed by atoms with Crippen LogP contribution in [0.3, 0.4) is 0 Å². The van der Waals surface area contributed by atoms with Gasteiger partial charge in [-0.25, -0.2) is 8.78 Å². The molecule has 102 valence electrons. The SMILES string of the molecule is CC(=O)SC1CC(=O)N(c2ccc(F)c(Br)c2F)C1. The number of rotatable bonds is 2. The van der Waals surface area contributed by atoms with E-state index in [1.807, 2.05) is 0 Å². The molecule has 1 fully saturated rings. The van der Waals surface area contributed by atoms with Crippen molar-refractivity contribution >= 4 is 44.4 Å². The van der Waals surface area contributed by atoms with Crippen LogP contribution in [0.5, 0.6) is 0 Å². The molecule has 3 nitrogen and oxygen atoms in total. The highest BCUT2D eigenvalue weighted by Crippen LogP contribution is 2.33. The Balaban J connectivity index is 2.26. The van der Waals surface area contributed by atoms with E-state index in [1.54, 1.807) is 0 Å². The predicted molar refractivity (Wildman–Crippen MR) is 73.1 cm³/mol. The summed E-state index contributed by atoms with van der Waals surface area (Å²) in [5.41, 5.74) is 0.0323. The second-order valence-corrected chi connectivity index (χ2v) is 6.40. The standard InChI is InChI=1S/C12H10BrF2NO2S/c1-6(17)19-7-4-10(18)16(5-7)9-3-2-8(14)11(13)12(9)15/h2-3,7H,4-5H2,1H3. The molecule has 1 heterocycles. The third-order valence-electron chi connectivity index (χ3n) is 2.73. The molecular weight excluding hydrogens is 340 g/mol. The maximum absolute atomic E-state index is 13.9. The number of anilines is 1. The molecule has 1 aliphatic rings. The first-order valence-corrected chi connectivity index (χ1v) is 7.18. The second-order valence-electron chi connectivity index (χ2n) is 4.13. The van der Waals surface area contributed by atoms with Crippen LogP contribution in [0.4, 0.5) is 14.5 Å². The molecule has 1 aromatic rings. The fourth-order valence-electron chi connectivity index (χ4n) is 1.95. The number of nitrogens with zero attached hydrogens (tertiary/aromatic N) is 1. The molecule has 0 spiro atoms. The van der Waals surface area contributed by atoms with Gasteiger partial charge in [-0.3, -0.25) is 9.59 Å². The average Bonchev–Trinajstić information content (AvgIpc) is 2.66. The summed E-state index contributed by atoms with van der Waals surface area (Å²) in [6, 6.07) is 2.33. The number of hydrogen-bond donors (Lipinski definition) is 0. The molecule has 0 N–H and O–H groups in total. The van der Waals surface area contributed by atoms with E-state index in [1.165, 1.54) is 17.9 Å². The largest absolute Gasteiger partial charge is 0.308 e. The molecule has 2 rings (SSSR count). The fraction of sp³-hybridized carbons (Fsp3) is 0.333. The molecule has 7 heteroatoms. The molecular formula is C12H10BrF2NO2S. The summed E-state index contributed by atoms with van der Waals surface area (Å²) in [5.74, 6) is -1.79. The number of carbonyl (C=O) groups excluding carboxylic acids is 2. The van der Waals surface area contributed by atoms with Crippen molar-refractivity contribution in [2.45, 2.75) is 18.6 Å². The van der Waals surface area contributed by atoms with Gasteiger partial charge < -0.3 is 4.90 Å². The van der Waals surface area contributed by atoms with Crippen LogP contribution in [0.25, 0.3) is 0 Å². The van der Waals surface area contributed by atoms with Crippen LogP contribution in [-0.2, 0) is 9.59 Å². The van der Waals surface area contributed by atoms with Gasteiger partial charge >= 0.3 is 0 Å². The van der Waals surface area contributed by atoms with Gasteiger partial charge in [0.15, 0.2) is 10.9 Å². The van der Waals surface area contributed by atoms with Crippen molar-refractivity contribution in [3.63, 3.8) is 0 Å². The number of benzene rings is 1. The molecule has 0 bridgehead atoms. The van der Waals surface area contributed by atoms with E-state index in [0.29, 0.717) is 0 Å². The zero-order valence-corrected chi connectivity index (χ0v) is 12.4. The Bertz CT molecular complexity index is 553. The van der Waals surface area contributed by atoms with Gasteiger partial charge in [0.1, 0.15) is 5.82 Å². The molecule has 19 heavy (non-hydrogen) atoms. The van der Waals surface area contributed by atoms with Crippen molar-refractivity contribution in [2.75, 3.05) is 11.4 Å². The number of amides is 1. The van der Waals surface area contributed by atoms with E-state index >= 15 is 0 Å². The summed E-state index contributed by atoms with van der Waals surface area (Å²) in [5, 5.41) is -0.270. The molecule has 1 atom stereocenters. The lowest BCUT2D eigenvalue weighted by atomic mass is 10.2. The van der Waals surface area contributed by atoms with Gasteiger partial charge in [0, 0.05) is 25.1 Å². The summed E-state index contributed by atoms with van der Waals surface area (Å²) in [4.78, 5) is 24.1. The van der Waals surface area contributed by atoms with Gasteiger partial charge in [-0.05, 0) is 28.1 Å². The van der Waals surface area contributed by atoms with Crippen molar-refractivity contribution < 1.29 is 18.4 Å². The smallest absolute Gasteiger partial charge is 0.228 e. The Morgan fingerprint density at radius 1 is 1.47 bits per heavy atom. The summed E-state index contributed by atoms with van der Waals surface area (Å²) in [7, 11) is 0. The Hall–Kier alpha value is -0.950. The number of halogens is 3. The third kappa shape index (κ3) is 2.97. The van der Waals surface area contributed by atoms with Crippen molar-refractivity contribution in [1.29, 1.82) is 0 Å². The lowest BCUT2D eigenvalue weighted by molar-refractivity contribution is -0.117. The lowest BCUT2D eigenvalue weighted by Crippen LogP contribution is -2.26. The van der Waals surface area contributed by atoms with E-state index in [-0.39, 0.29) is 39.4 Å². The van der Waals surface area contributed by atoms with Gasteiger partial charge in [0.05, 0.1) is 10.2 Å². The molecule has 1 aliphatic heterocycles. The number of thioether (sulfide) groups is 1. The van der Waals surface area contributed by atoms with Crippen LogP contribution in [0.2, 0.25) is 0 Å². The molecule has 0 radical (unpaired) electrons. The Morgan fingerprint density at radius 2 is 2.16 bits per heavy atom. The lowest BCUT2D eigenvalue weighted by Gasteiger charge is -2.18. The Morgan fingerprint density at radius 3 is 2.79 bits per heavy atom. The minimum atomic E-state index is -0.804. The molecule has 1 amide bonds. The average molecular weight is 350 g/mol. The summed E-state index contributed by atoms with van der Waals surface area (Å²) in [6.45, 7) is 1.67. The Labute approximate surface area is 121 Å². The van der Waals surface area contributed by atoms with Gasteiger partial charge in [0.25, 0.3) is 0 Å². The van der Waals surface area contributed by atoms with Gasteiger partial charge in [0.2, 0.25) is 5.91 Å². The quantitative estimate of drug-likeness (QED) is 0.770. The van der Waals surface area contributed by atoms with Crippen molar-refractivity contribution in [3.05, 3.63) is 28.2 Å². The minimum absolute atomic E-state index is 0.0323. The van der Waals surface area contributed by atoms with Crippen LogP contribution in [0.15, 0.2) is 16.6 Å². The highest BCUT2D eigenvalue weighted by atomic mass is 79.9. The first-order valence-electron chi connectivity index (χ1n) is 5.51. The van der Waals surface area contributed by atoms with E-state index in [2.05, 4.69) is 15.9 Å². The van der Waals surface area contributed by atoms with Crippen molar-refractivity contribution in [1.82, 2.24) is 0 Å². The predicted octanol–water partition coefficient (Wildman–Crippen LogP) is 3.11. The number of carbonyl (C=O) groups is 2. The van der Waals surface area contributed by atoms with Crippen LogP contribution in [0.1, 0.15) is 13.3 Å². The van der Waals surface area contributed by atoms with Gasteiger partial charge in [-0.15, -0.1) is 0 Å². The maximum atomic E-state index is 13.9. The summed E-state index contributed by atoms with van der Waals surface area (Å²) < 4.78 is 26.8. The van der Waals surface area contributed by atoms with Crippen LogP contribution in [0, 0.1) is 11.6 Å². The van der Waals surface area contributed by atoms with E-state index in [4.69, 9.17) is 0 Å². The van der Waals surface area contributed by atoms with Crippen LogP contribution < -0.4 is 4.90 Å². The molecule has 0 aliphatic carbocycles. The molecule has 1 unspecified atom stereocenters. The van der Waals surface area contributed by atoms with Gasteiger partial charge in [-0.1, -0.05) is 11.8 Å². The zero-order valence-electron chi connectivity index (χ0n) is 9.95.